The molecule has 0 bridgehead atoms. The average Bonchev–Trinajstić information content (AvgIpc) is 2.79. The average molecular weight is 513 g/mol. The molecule has 0 amide bonds. The van der Waals surface area contributed by atoms with Gasteiger partial charge in [-0.05, 0) is 30.7 Å². The summed E-state index contributed by atoms with van der Waals surface area (Å²) in [6.07, 6.45) is 0.821. The highest BCUT2D eigenvalue weighted by atomic mass is 16.1. The minimum atomic E-state index is -0.556. The number of hydrogen-bond donors (Lipinski definition) is 0. The summed E-state index contributed by atoms with van der Waals surface area (Å²) in [5.74, 6) is -2.23. The zero-order chi connectivity index (χ0) is 28.5. The van der Waals surface area contributed by atoms with Gasteiger partial charge in [0.05, 0.1) is 0 Å². The second kappa shape index (κ2) is 14.5. The summed E-state index contributed by atoms with van der Waals surface area (Å²) in [6.45, 7) is 16.5. The fourth-order valence-electron chi connectivity index (χ4n) is 5.01. The van der Waals surface area contributed by atoms with Crippen LogP contribution in [0, 0.1) is 40.9 Å². The van der Waals surface area contributed by atoms with Crippen molar-refractivity contribution in [2.24, 2.45) is 40.9 Å². The number of benzene rings is 1. The molecule has 5 heteroatoms. The summed E-state index contributed by atoms with van der Waals surface area (Å²) in [7, 11) is 0. The van der Waals surface area contributed by atoms with E-state index in [1.165, 1.54) is 6.92 Å². The van der Waals surface area contributed by atoms with Gasteiger partial charge in [0.25, 0.3) is 0 Å². The van der Waals surface area contributed by atoms with Gasteiger partial charge in [-0.2, -0.15) is 0 Å². The normalized spacial score (nSPS) is 15.2. The third kappa shape index (κ3) is 10.8. The van der Waals surface area contributed by atoms with Crippen molar-refractivity contribution in [2.45, 2.75) is 94.4 Å². The third-order valence-corrected chi connectivity index (χ3v) is 7.29. The molecule has 0 saturated heterocycles. The summed E-state index contributed by atoms with van der Waals surface area (Å²) in [6, 6.07) is 9.59. The van der Waals surface area contributed by atoms with Crippen LogP contribution in [0.3, 0.4) is 0 Å². The van der Waals surface area contributed by atoms with Crippen molar-refractivity contribution >= 4 is 28.9 Å². The van der Waals surface area contributed by atoms with Crippen LogP contribution in [0.5, 0.6) is 0 Å². The predicted molar refractivity (Wildman–Crippen MR) is 148 cm³/mol. The van der Waals surface area contributed by atoms with Crippen LogP contribution in [0.25, 0.3) is 0 Å². The van der Waals surface area contributed by atoms with Gasteiger partial charge in [-0.3, -0.25) is 19.2 Å². The van der Waals surface area contributed by atoms with E-state index in [2.05, 4.69) is 0 Å². The van der Waals surface area contributed by atoms with Crippen molar-refractivity contribution in [3.63, 3.8) is 0 Å². The molecule has 0 fully saturated rings. The first-order valence-electron chi connectivity index (χ1n) is 13.7. The Morgan fingerprint density at radius 3 is 1.62 bits per heavy atom. The lowest BCUT2D eigenvalue weighted by Crippen LogP contribution is -2.33. The molecule has 0 aliphatic carbocycles. The number of rotatable bonds is 16. The zero-order valence-corrected chi connectivity index (χ0v) is 24.4. The quantitative estimate of drug-likeness (QED) is 0.252. The van der Waals surface area contributed by atoms with Gasteiger partial charge >= 0.3 is 0 Å². The largest absolute Gasteiger partial charge is 0.300 e. The van der Waals surface area contributed by atoms with E-state index < -0.39 is 29.1 Å². The minimum Gasteiger partial charge on any atom is -0.300 e. The van der Waals surface area contributed by atoms with Crippen LogP contribution < -0.4 is 0 Å². The molecule has 0 saturated carbocycles. The first kappa shape index (κ1) is 32.6. The van der Waals surface area contributed by atoms with Crippen molar-refractivity contribution in [1.29, 1.82) is 0 Å². The van der Waals surface area contributed by atoms with Crippen molar-refractivity contribution in [2.75, 3.05) is 0 Å². The van der Waals surface area contributed by atoms with E-state index in [1.807, 2.05) is 78.8 Å². The molecule has 206 valence electrons. The van der Waals surface area contributed by atoms with Crippen molar-refractivity contribution in [1.82, 2.24) is 0 Å². The van der Waals surface area contributed by atoms with E-state index >= 15 is 0 Å². The fourth-order valence-corrected chi connectivity index (χ4v) is 5.01. The molecule has 1 rings (SSSR count). The first-order valence-corrected chi connectivity index (χ1v) is 13.7. The maximum Gasteiger partial charge on any atom is 0.141 e. The lowest BCUT2D eigenvalue weighted by Gasteiger charge is -2.26. The Hall–Kier alpha value is -2.43. The van der Waals surface area contributed by atoms with Crippen LogP contribution in [0.2, 0.25) is 0 Å². The van der Waals surface area contributed by atoms with E-state index in [-0.39, 0.29) is 66.4 Å². The van der Waals surface area contributed by atoms with E-state index in [4.69, 9.17) is 0 Å². The summed E-state index contributed by atoms with van der Waals surface area (Å²) in [5.41, 5.74) is 0.419. The third-order valence-electron chi connectivity index (χ3n) is 7.29. The molecule has 0 heterocycles. The van der Waals surface area contributed by atoms with Gasteiger partial charge in [0.15, 0.2) is 0 Å². The molecular weight excluding hydrogens is 464 g/mol. The molecule has 0 aliphatic heterocycles. The topological polar surface area (TPSA) is 85.3 Å². The highest BCUT2D eigenvalue weighted by Crippen LogP contribution is 2.29. The van der Waals surface area contributed by atoms with Gasteiger partial charge < -0.3 is 4.79 Å². The van der Waals surface area contributed by atoms with E-state index in [0.717, 1.165) is 5.56 Å². The molecule has 0 aromatic heterocycles. The molecule has 0 aliphatic rings. The highest BCUT2D eigenvalue weighted by Gasteiger charge is 2.34. The number of carbonyl (C=O) groups excluding carboxylic acids is 5. The number of Topliss-reactive ketones (excluding diaryl/α,β-unsaturated/α-hetero) is 5. The van der Waals surface area contributed by atoms with Crippen LogP contribution in [0.4, 0.5) is 0 Å². The van der Waals surface area contributed by atoms with Gasteiger partial charge in [-0.1, -0.05) is 85.7 Å². The van der Waals surface area contributed by atoms with Crippen LogP contribution in [-0.2, 0) is 30.4 Å². The Kier molecular flexibility index (Phi) is 12.8. The Bertz CT molecular complexity index is 936. The molecule has 4 unspecified atom stereocenters. The summed E-state index contributed by atoms with van der Waals surface area (Å²) in [5, 5.41) is 0. The maximum absolute atomic E-state index is 13.6. The van der Waals surface area contributed by atoms with Gasteiger partial charge in [0.1, 0.15) is 28.9 Å². The molecular formula is C32H48O5. The molecule has 5 nitrogen and oxygen atoms in total. The molecule has 0 radical (unpaired) electrons. The second-order valence-electron chi connectivity index (χ2n) is 12.5. The van der Waals surface area contributed by atoms with Crippen LogP contribution in [0.15, 0.2) is 30.3 Å². The Balaban J connectivity index is 3.14. The molecule has 0 N–H and O–H groups in total. The van der Waals surface area contributed by atoms with Gasteiger partial charge in [-0.15, -0.1) is 0 Å². The monoisotopic (exact) mass is 512 g/mol. The van der Waals surface area contributed by atoms with E-state index in [1.54, 1.807) is 6.92 Å². The summed E-state index contributed by atoms with van der Waals surface area (Å²) in [4.78, 5) is 64.7. The molecule has 0 spiro atoms. The highest BCUT2D eigenvalue weighted by molar-refractivity contribution is 5.95. The summed E-state index contributed by atoms with van der Waals surface area (Å²) >= 11 is 0. The smallest absolute Gasteiger partial charge is 0.141 e. The fraction of sp³-hybridized carbons (Fsp3) is 0.656. The van der Waals surface area contributed by atoms with Gasteiger partial charge in [0, 0.05) is 54.8 Å². The summed E-state index contributed by atoms with van der Waals surface area (Å²) < 4.78 is 0. The van der Waals surface area contributed by atoms with Crippen LogP contribution in [0.1, 0.15) is 93.6 Å². The second-order valence-corrected chi connectivity index (χ2v) is 12.5. The standard InChI is InChI=1S/C32H48O5/c1-20(2)26(16-23(6)33)30(36)19-27(21(3)4)29(35)18-25(17-24-13-11-10-12-14-24)28(34)15-22(5)31(37)32(7,8)9/h10-14,20-22,25-27H,15-19H2,1-9H3. The Labute approximate surface area is 224 Å². The maximum atomic E-state index is 13.6. The Morgan fingerprint density at radius 1 is 0.676 bits per heavy atom. The van der Waals surface area contributed by atoms with Crippen molar-refractivity contribution in [3.05, 3.63) is 35.9 Å². The lowest BCUT2D eigenvalue weighted by atomic mass is 9.76. The number of ketones is 5. The first-order chi connectivity index (χ1) is 17.0. The SMILES string of the molecule is CC(=O)CC(C(=O)CC(C(=O)CC(Cc1ccccc1)C(=O)CC(C)C(=O)C(C)(C)C)C(C)C)C(C)C. The van der Waals surface area contributed by atoms with E-state index in [0.29, 0.717) is 6.42 Å². The molecule has 1 aromatic carbocycles. The number of hydrogen-bond acceptors (Lipinski definition) is 5. The molecule has 37 heavy (non-hydrogen) atoms. The van der Waals surface area contributed by atoms with Crippen LogP contribution >= 0.6 is 0 Å². The van der Waals surface area contributed by atoms with Crippen molar-refractivity contribution in [3.8, 4) is 0 Å². The van der Waals surface area contributed by atoms with Gasteiger partial charge in [-0.25, -0.2) is 0 Å². The van der Waals surface area contributed by atoms with Crippen molar-refractivity contribution < 1.29 is 24.0 Å². The lowest BCUT2D eigenvalue weighted by molar-refractivity contribution is -0.136. The molecule has 1 aromatic rings. The predicted octanol–water partition coefficient (Wildman–Crippen LogP) is 6.50. The number of carbonyl (C=O) groups is 5. The van der Waals surface area contributed by atoms with E-state index in [9.17, 15) is 24.0 Å². The minimum absolute atomic E-state index is 0.00793. The van der Waals surface area contributed by atoms with Crippen LogP contribution in [-0.4, -0.2) is 28.9 Å². The molecule has 4 atom stereocenters. The Morgan fingerprint density at radius 2 is 1.16 bits per heavy atom. The van der Waals surface area contributed by atoms with Gasteiger partial charge in [0.2, 0.25) is 0 Å². The zero-order valence-electron chi connectivity index (χ0n) is 24.4.